The van der Waals surface area contributed by atoms with Crippen molar-refractivity contribution in [2.24, 2.45) is 0 Å². The number of hydrogen-bond acceptors (Lipinski definition) is 4. The Labute approximate surface area is 104 Å². The van der Waals surface area contributed by atoms with Gasteiger partial charge in [0.25, 0.3) is 0 Å². The second-order valence-electron chi connectivity index (χ2n) is 3.68. The third-order valence-electron chi connectivity index (χ3n) is 2.25. The Morgan fingerprint density at radius 1 is 1.44 bits per heavy atom. The Hall–Kier alpha value is -2.02. The summed E-state index contributed by atoms with van der Waals surface area (Å²) >= 11 is 0. The van der Waals surface area contributed by atoms with Gasteiger partial charge in [0.05, 0.1) is 12.6 Å². The minimum absolute atomic E-state index is 0.0713. The summed E-state index contributed by atoms with van der Waals surface area (Å²) < 4.78 is 9.94. The highest BCUT2D eigenvalue weighted by molar-refractivity contribution is 5.84. The van der Waals surface area contributed by atoms with Gasteiger partial charge >= 0.3 is 12.0 Å². The van der Waals surface area contributed by atoms with E-state index in [0.29, 0.717) is 12.3 Å². The number of carbonyl (C=O) groups excluding carboxylic acids is 1. The molecule has 2 amide bonds. The number of methoxy groups -OCH3 is 1. The quantitative estimate of drug-likeness (QED) is 0.699. The molecule has 1 atom stereocenters. The molecule has 0 aromatic carbocycles. The van der Waals surface area contributed by atoms with Crippen molar-refractivity contribution in [2.45, 2.75) is 19.6 Å². The van der Waals surface area contributed by atoms with E-state index in [9.17, 15) is 9.59 Å². The second kappa shape index (κ2) is 6.65. The van der Waals surface area contributed by atoms with Gasteiger partial charge in [-0.3, -0.25) is 0 Å². The fourth-order valence-corrected chi connectivity index (χ4v) is 1.14. The van der Waals surface area contributed by atoms with Crippen LogP contribution in [-0.4, -0.2) is 36.9 Å². The number of urea groups is 1. The molecule has 0 saturated carbocycles. The van der Waals surface area contributed by atoms with Crippen LogP contribution in [0.1, 0.15) is 23.2 Å². The summed E-state index contributed by atoms with van der Waals surface area (Å²) in [5.41, 5.74) is 0. The number of aromatic carboxylic acids is 1. The van der Waals surface area contributed by atoms with Gasteiger partial charge in [-0.05, 0) is 19.1 Å². The second-order valence-corrected chi connectivity index (χ2v) is 3.68. The molecule has 1 rings (SSSR count). The number of carboxylic acids is 1. The van der Waals surface area contributed by atoms with Gasteiger partial charge in [0.2, 0.25) is 5.76 Å². The van der Waals surface area contributed by atoms with Gasteiger partial charge in [-0.1, -0.05) is 0 Å². The zero-order chi connectivity index (χ0) is 13.5. The highest BCUT2D eigenvalue weighted by atomic mass is 16.5. The minimum atomic E-state index is -1.14. The first kappa shape index (κ1) is 14.0. The molecule has 1 aromatic rings. The van der Waals surface area contributed by atoms with Crippen LogP contribution in [0.4, 0.5) is 4.79 Å². The van der Waals surface area contributed by atoms with Gasteiger partial charge < -0.3 is 24.9 Å². The largest absolute Gasteiger partial charge is 0.475 e. The van der Waals surface area contributed by atoms with Gasteiger partial charge in [-0.25, -0.2) is 9.59 Å². The monoisotopic (exact) mass is 256 g/mol. The lowest BCUT2D eigenvalue weighted by molar-refractivity contribution is 0.0660. The van der Waals surface area contributed by atoms with Crippen molar-refractivity contribution in [2.75, 3.05) is 13.7 Å². The summed E-state index contributed by atoms with van der Waals surface area (Å²) in [5, 5.41) is 13.8. The van der Waals surface area contributed by atoms with Crippen LogP contribution >= 0.6 is 0 Å². The molecule has 0 bridgehead atoms. The van der Waals surface area contributed by atoms with Crippen LogP contribution in [0, 0.1) is 0 Å². The molecule has 0 saturated heterocycles. The zero-order valence-corrected chi connectivity index (χ0v) is 10.2. The maximum atomic E-state index is 11.3. The average Bonchev–Trinajstić information content (AvgIpc) is 2.82. The molecule has 0 aliphatic heterocycles. The Morgan fingerprint density at radius 2 is 2.17 bits per heavy atom. The Morgan fingerprint density at radius 3 is 2.72 bits per heavy atom. The Balaban J connectivity index is 2.31. The SMILES string of the molecule is COC(C)CNC(=O)NCc1ccc(C(=O)O)o1. The van der Waals surface area contributed by atoms with Gasteiger partial charge in [0.15, 0.2) is 0 Å². The van der Waals surface area contributed by atoms with Crippen LogP contribution in [0.25, 0.3) is 0 Å². The lowest BCUT2D eigenvalue weighted by Gasteiger charge is -2.11. The third-order valence-corrected chi connectivity index (χ3v) is 2.25. The van der Waals surface area contributed by atoms with Crippen molar-refractivity contribution in [3.63, 3.8) is 0 Å². The van der Waals surface area contributed by atoms with Gasteiger partial charge in [-0.2, -0.15) is 0 Å². The van der Waals surface area contributed by atoms with E-state index in [1.807, 2.05) is 6.92 Å². The lowest BCUT2D eigenvalue weighted by Crippen LogP contribution is -2.39. The molecule has 0 radical (unpaired) electrons. The summed E-state index contributed by atoms with van der Waals surface area (Å²) in [6, 6.07) is 2.47. The van der Waals surface area contributed by atoms with Crippen LogP contribution in [-0.2, 0) is 11.3 Å². The highest BCUT2D eigenvalue weighted by Gasteiger charge is 2.09. The standard InChI is InChI=1S/C11H16N2O5/c1-7(17-2)5-12-11(16)13-6-8-3-4-9(18-8)10(14)15/h3-4,7H,5-6H2,1-2H3,(H,14,15)(H2,12,13,16). The molecule has 18 heavy (non-hydrogen) atoms. The molecule has 0 aliphatic rings. The molecule has 100 valence electrons. The first-order chi connectivity index (χ1) is 8.52. The average molecular weight is 256 g/mol. The fourth-order valence-electron chi connectivity index (χ4n) is 1.14. The summed E-state index contributed by atoms with van der Waals surface area (Å²) in [7, 11) is 1.56. The van der Waals surface area contributed by atoms with E-state index in [2.05, 4.69) is 10.6 Å². The van der Waals surface area contributed by atoms with E-state index in [1.54, 1.807) is 7.11 Å². The highest BCUT2D eigenvalue weighted by Crippen LogP contribution is 2.07. The number of ether oxygens (including phenoxy) is 1. The number of furan rings is 1. The van der Waals surface area contributed by atoms with Crippen LogP contribution in [0.3, 0.4) is 0 Å². The molecule has 0 spiro atoms. The molecule has 3 N–H and O–H groups in total. The Kier molecular flexibility index (Phi) is 5.19. The number of carboxylic acid groups (broad SMARTS) is 1. The topological polar surface area (TPSA) is 101 Å². The fraction of sp³-hybridized carbons (Fsp3) is 0.455. The van der Waals surface area contributed by atoms with E-state index in [-0.39, 0.29) is 24.4 Å². The number of amides is 2. The maximum Gasteiger partial charge on any atom is 0.371 e. The van der Waals surface area contributed by atoms with Gasteiger partial charge in [0.1, 0.15) is 5.76 Å². The van der Waals surface area contributed by atoms with Crippen molar-refractivity contribution in [3.05, 3.63) is 23.7 Å². The van der Waals surface area contributed by atoms with E-state index in [1.165, 1.54) is 12.1 Å². The lowest BCUT2D eigenvalue weighted by atomic mass is 10.4. The molecule has 0 aliphatic carbocycles. The predicted octanol–water partition coefficient (Wildman–Crippen LogP) is 0.812. The van der Waals surface area contributed by atoms with Crippen molar-refractivity contribution in [1.82, 2.24) is 10.6 Å². The molecule has 1 unspecified atom stereocenters. The van der Waals surface area contributed by atoms with E-state index in [0.717, 1.165) is 0 Å². The Bertz CT molecular complexity index is 415. The predicted molar refractivity (Wildman–Crippen MR) is 62.4 cm³/mol. The van der Waals surface area contributed by atoms with Crippen molar-refractivity contribution >= 4 is 12.0 Å². The molecule has 7 heteroatoms. The van der Waals surface area contributed by atoms with Gasteiger partial charge in [0, 0.05) is 13.7 Å². The first-order valence-electron chi connectivity index (χ1n) is 5.39. The summed E-state index contributed by atoms with van der Waals surface area (Å²) in [5.74, 6) is -0.915. The molecule has 7 nitrogen and oxygen atoms in total. The number of nitrogens with one attached hydrogen (secondary N) is 2. The maximum absolute atomic E-state index is 11.3. The smallest absolute Gasteiger partial charge is 0.371 e. The van der Waals surface area contributed by atoms with Gasteiger partial charge in [-0.15, -0.1) is 0 Å². The summed E-state index contributed by atoms with van der Waals surface area (Å²) in [6.07, 6.45) is -0.0713. The molecular weight excluding hydrogens is 240 g/mol. The summed E-state index contributed by atoms with van der Waals surface area (Å²) in [4.78, 5) is 21.9. The van der Waals surface area contributed by atoms with E-state index < -0.39 is 5.97 Å². The molecule has 1 heterocycles. The van der Waals surface area contributed by atoms with Crippen LogP contribution in [0.15, 0.2) is 16.5 Å². The third kappa shape index (κ3) is 4.46. The number of carbonyl (C=O) groups is 2. The molecular formula is C11H16N2O5. The molecule has 0 fully saturated rings. The van der Waals surface area contributed by atoms with Crippen molar-refractivity contribution in [1.29, 1.82) is 0 Å². The zero-order valence-electron chi connectivity index (χ0n) is 10.2. The van der Waals surface area contributed by atoms with E-state index >= 15 is 0 Å². The summed E-state index contributed by atoms with van der Waals surface area (Å²) in [6.45, 7) is 2.34. The normalized spacial score (nSPS) is 11.9. The van der Waals surface area contributed by atoms with Crippen LogP contribution in [0.2, 0.25) is 0 Å². The molecule has 1 aromatic heterocycles. The van der Waals surface area contributed by atoms with E-state index in [4.69, 9.17) is 14.3 Å². The van der Waals surface area contributed by atoms with Crippen molar-refractivity contribution < 1.29 is 23.8 Å². The van der Waals surface area contributed by atoms with Crippen molar-refractivity contribution in [3.8, 4) is 0 Å². The van der Waals surface area contributed by atoms with Crippen LogP contribution < -0.4 is 10.6 Å². The minimum Gasteiger partial charge on any atom is -0.475 e. The number of hydrogen-bond donors (Lipinski definition) is 3. The first-order valence-corrected chi connectivity index (χ1v) is 5.39. The number of rotatable bonds is 6. The van der Waals surface area contributed by atoms with Crippen LogP contribution in [0.5, 0.6) is 0 Å².